The molecule has 0 aromatic heterocycles. The minimum absolute atomic E-state index is 0.178. The normalized spacial score (nSPS) is 24.5. The largest absolute Gasteiger partial charge is 0.396 e. The molecule has 3 rings (SSSR count). The molecule has 1 atom stereocenters. The van der Waals surface area contributed by atoms with Crippen LogP contribution in [-0.2, 0) is 10.2 Å². The molecule has 1 saturated heterocycles. The molecule has 3 nitrogen and oxygen atoms in total. The van der Waals surface area contributed by atoms with Gasteiger partial charge in [-0.05, 0) is 49.3 Å². The molecular weight excluding hydrogens is 286 g/mol. The summed E-state index contributed by atoms with van der Waals surface area (Å²) >= 11 is 5.97. The Kier molecular flexibility index (Phi) is 4.23. The summed E-state index contributed by atoms with van der Waals surface area (Å²) in [7, 11) is 0. The second kappa shape index (κ2) is 5.98. The first-order valence-corrected chi connectivity index (χ1v) is 8.20. The minimum atomic E-state index is -0.345. The van der Waals surface area contributed by atoms with Crippen LogP contribution < -0.4 is 0 Å². The molecule has 0 unspecified atom stereocenters. The zero-order valence-corrected chi connectivity index (χ0v) is 13.0. The number of carbonyl (C=O) groups is 1. The number of aliphatic hydroxyl groups excluding tert-OH is 1. The lowest BCUT2D eigenvalue weighted by atomic mass is 9.63. The highest BCUT2D eigenvalue weighted by molar-refractivity contribution is 6.30. The highest BCUT2D eigenvalue weighted by atomic mass is 35.5. The molecule has 1 saturated carbocycles. The quantitative estimate of drug-likeness (QED) is 0.932. The van der Waals surface area contributed by atoms with Crippen LogP contribution in [0.3, 0.4) is 0 Å². The van der Waals surface area contributed by atoms with Gasteiger partial charge in [-0.3, -0.25) is 4.79 Å². The Balaban J connectivity index is 1.82. The number of piperidine rings is 1. The molecular formula is C17H22ClNO2. The van der Waals surface area contributed by atoms with E-state index in [1.54, 1.807) is 0 Å². The molecule has 1 aliphatic heterocycles. The van der Waals surface area contributed by atoms with Crippen molar-refractivity contribution >= 4 is 17.5 Å². The van der Waals surface area contributed by atoms with Crippen LogP contribution >= 0.6 is 11.6 Å². The Morgan fingerprint density at radius 2 is 2.00 bits per heavy atom. The smallest absolute Gasteiger partial charge is 0.233 e. The maximum Gasteiger partial charge on any atom is 0.233 e. The molecule has 2 aliphatic rings. The molecule has 0 radical (unpaired) electrons. The van der Waals surface area contributed by atoms with Crippen molar-refractivity contribution in [3.05, 3.63) is 34.9 Å². The van der Waals surface area contributed by atoms with Crippen molar-refractivity contribution in [3.8, 4) is 0 Å². The van der Waals surface area contributed by atoms with Crippen LogP contribution in [0.25, 0.3) is 0 Å². The third-order valence-corrected chi connectivity index (χ3v) is 5.33. The monoisotopic (exact) mass is 307 g/mol. The average molecular weight is 308 g/mol. The highest BCUT2D eigenvalue weighted by Gasteiger charge is 2.48. The van der Waals surface area contributed by atoms with E-state index in [1.807, 2.05) is 29.2 Å². The van der Waals surface area contributed by atoms with E-state index in [4.69, 9.17) is 11.6 Å². The molecule has 0 bridgehead atoms. The van der Waals surface area contributed by atoms with Gasteiger partial charge in [0.1, 0.15) is 0 Å². The van der Waals surface area contributed by atoms with Crippen LogP contribution in [0.5, 0.6) is 0 Å². The fourth-order valence-electron chi connectivity index (χ4n) is 3.63. The zero-order valence-electron chi connectivity index (χ0n) is 12.2. The summed E-state index contributed by atoms with van der Waals surface area (Å²) < 4.78 is 0. The third kappa shape index (κ3) is 2.69. The van der Waals surface area contributed by atoms with E-state index in [2.05, 4.69) is 0 Å². The summed E-state index contributed by atoms with van der Waals surface area (Å²) in [4.78, 5) is 15.0. The van der Waals surface area contributed by atoms with E-state index in [-0.39, 0.29) is 23.8 Å². The van der Waals surface area contributed by atoms with Gasteiger partial charge in [-0.25, -0.2) is 0 Å². The second-order valence-corrected chi connectivity index (χ2v) is 6.82. The van der Waals surface area contributed by atoms with E-state index in [0.29, 0.717) is 11.6 Å². The van der Waals surface area contributed by atoms with E-state index in [0.717, 1.165) is 44.2 Å². The molecule has 1 heterocycles. The number of halogens is 1. The Labute approximate surface area is 130 Å². The molecule has 1 aromatic rings. The molecule has 1 N–H and O–H groups in total. The lowest BCUT2D eigenvalue weighted by Crippen LogP contribution is -2.53. The first-order chi connectivity index (χ1) is 10.2. The average Bonchev–Trinajstić information content (AvgIpc) is 2.48. The van der Waals surface area contributed by atoms with Crippen molar-refractivity contribution in [3.63, 3.8) is 0 Å². The maximum absolute atomic E-state index is 13.1. The lowest BCUT2D eigenvalue weighted by molar-refractivity contribution is -0.143. The number of aliphatic hydroxyl groups is 1. The predicted octanol–water partition coefficient (Wildman–Crippen LogP) is 2.99. The second-order valence-electron chi connectivity index (χ2n) is 6.38. The van der Waals surface area contributed by atoms with Gasteiger partial charge in [0.2, 0.25) is 5.91 Å². The molecule has 21 heavy (non-hydrogen) atoms. The Morgan fingerprint density at radius 1 is 1.29 bits per heavy atom. The Hall–Kier alpha value is -1.06. The number of rotatable bonds is 3. The van der Waals surface area contributed by atoms with E-state index < -0.39 is 0 Å². The third-order valence-electron chi connectivity index (χ3n) is 5.08. The Morgan fingerprint density at radius 3 is 2.57 bits per heavy atom. The maximum atomic E-state index is 13.1. The molecule has 0 spiro atoms. The first-order valence-electron chi connectivity index (χ1n) is 7.82. The number of hydrogen-bond donors (Lipinski definition) is 1. The van der Waals surface area contributed by atoms with Crippen LogP contribution in [-0.4, -0.2) is 35.6 Å². The summed E-state index contributed by atoms with van der Waals surface area (Å²) in [6.45, 7) is 1.70. The lowest BCUT2D eigenvalue weighted by Gasteiger charge is -2.45. The molecule has 2 fully saturated rings. The molecule has 1 aromatic carbocycles. The topological polar surface area (TPSA) is 40.5 Å². The van der Waals surface area contributed by atoms with Gasteiger partial charge in [-0.2, -0.15) is 0 Å². The number of hydrogen-bond acceptors (Lipinski definition) is 2. The molecule has 1 aliphatic carbocycles. The van der Waals surface area contributed by atoms with Crippen LogP contribution in [0.2, 0.25) is 5.02 Å². The predicted molar refractivity (Wildman–Crippen MR) is 83.4 cm³/mol. The highest BCUT2D eigenvalue weighted by Crippen LogP contribution is 2.45. The van der Waals surface area contributed by atoms with Crippen molar-refractivity contribution in [1.82, 2.24) is 4.90 Å². The SMILES string of the molecule is O=C(N1CCC[C@H](CO)C1)C1(c2ccc(Cl)cc2)CCC1. The van der Waals surface area contributed by atoms with Crippen molar-refractivity contribution in [2.45, 2.75) is 37.5 Å². The standard InChI is InChI=1S/C17H22ClNO2/c18-15-6-4-14(5-7-15)17(8-2-9-17)16(21)19-10-1-3-13(11-19)12-20/h4-7,13,20H,1-3,8-12H2/t13-/m0/s1. The summed E-state index contributed by atoms with van der Waals surface area (Å²) in [5.41, 5.74) is 0.747. The number of benzene rings is 1. The van der Waals surface area contributed by atoms with Crippen molar-refractivity contribution in [1.29, 1.82) is 0 Å². The fraction of sp³-hybridized carbons (Fsp3) is 0.588. The van der Waals surface area contributed by atoms with Gasteiger partial charge in [-0.1, -0.05) is 30.2 Å². The van der Waals surface area contributed by atoms with Crippen molar-refractivity contribution < 1.29 is 9.90 Å². The number of nitrogens with zero attached hydrogens (tertiary/aromatic N) is 1. The van der Waals surface area contributed by atoms with Crippen molar-refractivity contribution in [2.24, 2.45) is 5.92 Å². The summed E-state index contributed by atoms with van der Waals surface area (Å²) in [5, 5.41) is 10.1. The Bertz CT molecular complexity index is 510. The van der Waals surface area contributed by atoms with E-state index >= 15 is 0 Å². The van der Waals surface area contributed by atoms with Gasteiger partial charge in [0.05, 0.1) is 5.41 Å². The van der Waals surface area contributed by atoms with Crippen LogP contribution in [0, 0.1) is 5.92 Å². The summed E-state index contributed by atoms with van der Waals surface area (Å²) in [6, 6.07) is 7.73. The molecule has 114 valence electrons. The van der Waals surface area contributed by atoms with Gasteiger partial charge in [-0.15, -0.1) is 0 Å². The number of amides is 1. The minimum Gasteiger partial charge on any atom is -0.396 e. The van der Waals surface area contributed by atoms with Crippen LogP contribution in [0.15, 0.2) is 24.3 Å². The number of likely N-dealkylation sites (tertiary alicyclic amines) is 1. The van der Waals surface area contributed by atoms with E-state index in [1.165, 1.54) is 0 Å². The van der Waals surface area contributed by atoms with Crippen LogP contribution in [0.4, 0.5) is 0 Å². The van der Waals surface area contributed by atoms with E-state index in [9.17, 15) is 9.90 Å². The van der Waals surface area contributed by atoms with Gasteiger partial charge in [0.25, 0.3) is 0 Å². The van der Waals surface area contributed by atoms with Gasteiger partial charge < -0.3 is 10.0 Å². The summed E-state index contributed by atoms with van der Waals surface area (Å²) in [6.07, 6.45) is 4.97. The van der Waals surface area contributed by atoms with Gasteiger partial charge >= 0.3 is 0 Å². The summed E-state index contributed by atoms with van der Waals surface area (Å²) in [5.74, 6) is 0.485. The van der Waals surface area contributed by atoms with Crippen molar-refractivity contribution in [2.75, 3.05) is 19.7 Å². The fourth-order valence-corrected chi connectivity index (χ4v) is 3.75. The number of carbonyl (C=O) groups excluding carboxylic acids is 1. The zero-order chi connectivity index (χ0) is 14.9. The van der Waals surface area contributed by atoms with Gasteiger partial charge in [0, 0.05) is 24.7 Å². The molecule has 1 amide bonds. The van der Waals surface area contributed by atoms with Crippen LogP contribution in [0.1, 0.15) is 37.7 Å². The van der Waals surface area contributed by atoms with Gasteiger partial charge in [0.15, 0.2) is 0 Å². The first kappa shape index (κ1) is 14.9. The molecule has 4 heteroatoms.